The van der Waals surface area contributed by atoms with Crippen LogP contribution >= 0.6 is 0 Å². The van der Waals surface area contributed by atoms with E-state index in [2.05, 4.69) is 0 Å². The molecule has 6 heteroatoms. The van der Waals surface area contributed by atoms with E-state index in [0.717, 1.165) is 18.4 Å². The molecular weight excluding hydrogens is 268 g/mol. The van der Waals surface area contributed by atoms with Crippen LogP contribution in [-0.2, 0) is 25.6 Å². The molecule has 0 N–H and O–H groups in total. The Balaban J connectivity index is 2.03. The van der Waals surface area contributed by atoms with Crippen molar-refractivity contribution >= 4 is 20.4 Å². The molecule has 1 saturated heterocycles. The van der Waals surface area contributed by atoms with Gasteiger partial charge in [0.15, 0.2) is 4.56 Å². The van der Waals surface area contributed by atoms with Crippen molar-refractivity contribution in [3.8, 4) is 0 Å². The Labute approximate surface area is 111 Å². The molecule has 0 bridgehead atoms. The standard InChI is InChI=1S/C12H18O4SSi/c13-17(14,12(18)8-4-5-9-15-12)16-10-11-6-2-1-3-7-11/h1-3,6-7H,4-5,8-10H2,18H3. The average Bonchev–Trinajstić information content (AvgIpc) is 2.38. The van der Waals surface area contributed by atoms with Crippen LogP contribution in [0, 0.1) is 0 Å². The highest BCUT2D eigenvalue weighted by Gasteiger charge is 2.42. The molecule has 1 aromatic carbocycles. The summed E-state index contributed by atoms with van der Waals surface area (Å²) in [6, 6.07) is 9.29. The Kier molecular flexibility index (Phi) is 4.21. The van der Waals surface area contributed by atoms with Gasteiger partial charge in [-0.25, -0.2) is 0 Å². The van der Waals surface area contributed by atoms with Gasteiger partial charge >= 0.3 is 0 Å². The van der Waals surface area contributed by atoms with Gasteiger partial charge in [0.2, 0.25) is 0 Å². The Hall–Kier alpha value is -0.693. The summed E-state index contributed by atoms with van der Waals surface area (Å²) < 4.78 is 33.9. The van der Waals surface area contributed by atoms with Crippen molar-refractivity contribution in [2.75, 3.05) is 6.61 Å². The number of benzene rings is 1. The van der Waals surface area contributed by atoms with E-state index in [1.54, 1.807) is 0 Å². The lowest BCUT2D eigenvalue weighted by molar-refractivity contribution is 0.0279. The van der Waals surface area contributed by atoms with Crippen molar-refractivity contribution in [1.29, 1.82) is 0 Å². The highest BCUT2D eigenvalue weighted by Crippen LogP contribution is 2.29. The Morgan fingerprint density at radius 3 is 2.61 bits per heavy atom. The average molecular weight is 286 g/mol. The first-order chi connectivity index (χ1) is 8.54. The van der Waals surface area contributed by atoms with Crippen LogP contribution in [0.25, 0.3) is 0 Å². The van der Waals surface area contributed by atoms with E-state index in [9.17, 15) is 8.42 Å². The molecule has 0 amide bonds. The first kappa shape index (κ1) is 13.7. The van der Waals surface area contributed by atoms with E-state index in [1.165, 1.54) is 0 Å². The van der Waals surface area contributed by atoms with E-state index in [-0.39, 0.29) is 6.61 Å². The lowest BCUT2D eigenvalue weighted by Gasteiger charge is -2.32. The van der Waals surface area contributed by atoms with Gasteiger partial charge in [0.1, 0.15) is 0 Å². The van der Waals surface area contributed by atoms with Gasteiger partial charge in [-0.3, -0.25) is 4.18 Å². The quantitative estimate of drug-likeness (QED) is 0.605. The van der Waals surface area contributed by atoms with Crippen molar-refractivity contribution in [3.05, 3.63) is 35.9 Å². The number of hydrogen-bond acceptors (Lipinski definition) is 4. The summed E-state index contributed by atoms with van der Waals surface area (Å²) in [4.78, 5) is 0. The van der Waals surface area contributed by atoms with E-state index >= 15 is 0 Å². The normalized spacial score (nSPS) is 25.1. The molecule has 1 aliphatic rings. The Bertz CT molecular complexity index is 480. The second-order valence-corrected chi connectivity index (χ2v) is 8.99. The second kappa shape index (κ2) is 5.52. The van der Waals surface area contributed by atoms with Crippen LogP contribution in [0.3, 0.4) is 0 Å². The molecule has 0 radical (unpaired) electrons. The predicted molar refractivity (Wildman–Crippen MR) is 72.6 cm³/mol. The zero-order valence-corrected chi connectivity index (χ0v) is 13.3. The molecule has 1 unspecified atom stereocenters. The molecule has 1 atom stereocenters. The topological polar surface area (TPSA) is 52.6 Å². The Morgan fingerprint density at radius 2 is 2.00 bits per heavy atom. The minimum absolute atomic E-state index is 0.0799. The SMILES string of the molecule is O=S(=O)(OCc1ccccc1)C1([SiH3])CCCCO1. The highest BCUT2D eigenvalue weighted by atomic mass is 32.2. The fraction of sp³-hybridized carbons (Fsp3) is 0.500. The molecule has 0 spiro atoms. The zero-order chi connectivity index (χ0) is 13.1. The summed E-state index contributed by atoms with van der Waals surface area (Å²) in [5.41, 5.74) is 0.849. The lowest BCUT2D eigenvalue weighted by Crippen LogP contribution is -2.45. The third-order valence-electron chi connectivity index (χ3n) is 3.19. The van der Waals surface area contributed by atoms with Crippen LogP contribution in [0.2, 0.25) is 0 Å². The highest BCUT2D eigenvalue weighted by molar-refractivity contribution is 7.89. The molecule has 18 heavy (non-hydrogen) atoms. The molecule has 0 aromatic heterocycles. The van der Waals surface area contributed by atoms with E-state index < -0.39 is 14.7 Å². The smallest absolute Gasteiger partial charge is 0.293 e. The summed E-state index contributed by atoms with van der Waals surface area (Å²) >= 11 is 0. The van der Waals surface area contributed by atoms with Gasteiger partial charge in [0.25, 0.3) is 10.1 Å². The van der Waals surface area contributed by atoms with E-state index in [0.29, 0.717) is 23.3 Å². The summed E-state index contributed by atoms with van der Waals surface area (Å²) in [6.07, 6.45) is 2.37. The third kappa shape index (κ3) is 3.00. The van der Waals surface area contributed by atoms with Gasteiger partial charge in [0.05, 0.1) is 16.8 Å². The maximum absolute atomic E-state index is 12.2. The van der Waals surface area contributed by atoms with Gasteiger partial charge in [-0.05, 0) is 24.8 Å². The lowest BCUT2D eigenvalue weighted by atomic mass is 10.2. The van der Waals surface area contributed by atoms with Crippen LogP contribution in [0.4, 0.5) is 0 Å². The molecule has 4 nitrogen and oxygen atoms in total. The van der Waals surface area contributed by atoms with Crippen molar-refractivity contribution in [3.63, 3.8) is 0 Å². The van der Waals surface area contributed by atoms with Gasteiger partial charge in [-0.15, -0.1) is 0 Å². The Morgan fingerprint density at radius 1 is 1.28 bits per heavy atom. The van der Waals surface area contributed by atoms with Gasteiger partial charge < -0.3 is 4.74 Å². The molecule has 1 aromatic rings. The molecule has 1 heterocycles. The van der Waals surface area contributed by atoms with Crippen LogP contribution in [0.1, 0.15) is 24.8 Å². The van der Waals surface area contributed by atoms with Gasteiger partial charge in [0, 0.05) is 6.61 Å². The fourth-order valence-corrected chi connectivity index (χ4v) is 4.02. The van der Waals surface area contributed by atoms with Crippen molar-refractivity contribution in [2.45, 2.75) is 30.4 Å². The first-order valence-corrected chi connectivity index (χ1v) is 8.51. The summed E-state index contributed by atoms with van der Waals surface area (Å²) in [6.45, 7) is 0.591. The maximum Gasteiger partial charge on any atom is 0.293 e. The van der Waals surface area contributed by atoms with Gasteiger partial charge in [-0.1, -0.05) is 30.3 Å². The van der Waals surface area contributed by atoms with Crippen LogP contribution in [0.5, 0.6) is 0 Å². The molecule has 1 aliphatic heterocycles. The molecule has 1 fully saturated rings. The first-order valence-electron chi connectivity index (χ1n) is 6.10. The number of hydrogen-bond donors (Lipinski definition) is 0. The van der Waals surface area contributed by atoms with Crippen LogP contribution in [0.15, 0.2) is 30.3 Å². The number of rotatable bonds is 4. The third-order valence-corrected chi connectivity index (χ3v) is 7.28. The second-order valence-electron chi connectivity index (χ2n) is 4.64. The minimum Gasteiger partial charge on any atom is -0.362 e. The van der Waals surface area contributed by atoms with E-state index in [4.69, 9.17) is 8.92 Å². The van der Waals surface area contributed by atoms with Crippen LogP contribution in [-0.4, -0.2) is 29.8 Å². The molecule has 0 aliphatic carbocycles. The molecular formula is C12H18O4SSi. The fourth-order valence-electron chi connectivity index (χ4n) is 1.95. The van der Waals surface area contributed by atoms with Crippen molar-refractivity contribution < 1.29 is 17.3 Å². The van der Waals surface area contributed by atoms with Gasteiger partial charge in [-0.2, -0.15) is 8.42 Å². The molecule has 100 valence electrons. The van der Waals surface area contributed by atoms with Crippen molar-refractivity contribution in [1.82, 2.24) is 0 Å². The molecule has 0 saturated carbocycles. The largest absolute Gasteiger partial charge is 0.362 e. The van der Waals surface area contributed by atoms with E-state index in [1.807, 2.05) is 30.3 Å². The summed E-state index contributed by atoms with van der Waals surface area (Å²) in [7, 11) is -3.21. The van der Waals surface area contributed by atoms with Crippen molar-refractivity contribution in [2.24, 2.45) is 0 Å². The minimum atomic E-state index is -3.64. The predicted octanol–water partition coefficient (Wildman–Crippen LogP) is 0.753. The zero-order valence-electron chi connectivity index (χ0n) is 10.5. The molecule has 2 rings (SSSR count). The van der Waals surface area contributed by atoms with Crippen LogP contribution < -0.4 is 0 Å². The monoisotopic (exact) mass is 286 g/mol. The maximum atomic E-state index is 12.2. The summed E-state index contributed by atoms with van der Waals surface area (Å²) in [5.74, 6) is 0. The summed E-state index contributed by atoms with van der Waals surface area (Å²) in [5, 5.41) is 0. The number of ether oxygens (including phenoxy) is 1.